The highest BCUT2D eigenvalue weighted by molar-refractivity contribution is 7.91. The molecule has 0 aliphatic carbocycles. The summed E-state index contributed by atoms with van der Waals surface area (Å²) in [6.07, 6.45) is 0.996. The first-order chi connectivity index (χ1) is 17.4. The van der Waals surface area contributed by atoms with Crippen LogP contribution >= 0.6 is 0 Å². The molecule has 1 aromatic heterocycles. The summed E-state index contributed by atoms with van der Waals surface area (Å²) in [5.41, 5.74) is 6.08. The summed E-state index contributed by atoms with van der Waals surface area (Å²) in [5, 5.41) is -0.194. The summed E-state index contributed by atoms with van der Waals surface area (Å²) in [6.45, 7) is 3.98. The van der Waals surface area contributed by atoms with E-state index in [0.29, 0.717) is 68.6 Å². The fourth-order valence-electron chi connectivity index (χ4n) is 4.33. The van der Waals surface area contributed by atoms with Gasteiger partial charge in [0.1, 0.15) is 19.0 Å². The molecule has 0 bridgehead atoms. The topological polar surface area (TPSA) is 134 Å². The number of amides is 1. The van der Waals surface area contributed by atoms with Crippen LogP contribution in [0.25, 0.3) is 11.5 Å². The molecule has 2 N–H and O–H groups in total. The molecule has 3 heterocycles. The molecule has 1 amide bonds. The summed E-state index contributed by atoms with van der Waals surface area (Å²) >= 11 is 0. The van der Waals surface area contributed by atoms with E-state index in [1.54, 1.807) is 35.2 Å². The highest BCUT2D eigenvalue weighted by atomic mass is 32.2. The summed E-state index contributed by atoms with van der Waals surface area (Å²) in [7, 11) is -4.08. The fraction of sp³-hybridized carbons (Fsp3) is 0.360. The van der Waals surface area contributed by atoms with Crippen LogP contribution in [0.2, 0.25) is 0 Å². The largest absolute Gasteiger partial charge is 0.494 e. The van der Waals surface area contributed by atoms with Gasteiger partial charge in [0.15, 0.2) is 11.5 Å². The highest BCUT2D eigenvalue weighted by Crippen LogP contribution is 2.39. The van der Waals surface area contributed by atoms with Gasteiger partial charge >= 0.3 is 0 Å². The maximum Gasteiger partial charge on any atom is 0.236 e. The van der Waals surface area contributed by atoms with Gasteiger partial charge in [-0.3, -0.25) is 4.79 Å². The molecular formula is C25H27N3O7S. The first-order valence-electron chi connectivity index (χ1n) is 11.8. The van der Waals surface area contributed by atoms with E-state index in [2.05, 4.69) is 4.98 Å². The molecule has 10 nitrogen and oxygen atoms in total. The van der Waals surface area contributed by atoms with Gasteiger partial charge < -0.3 is 29.3 Å². The van der Waals surface area contributed by atoms with Gasteiger partial charge in [0.2, 0.25) is 32.5 Å². The van der Waals surface area contributed by atoms with Crippen molar-refractivity contribution in [2.45, 2.75) is 29.7 Å². The number of rotatable bonds is 7. The molecule has 2 aliphatic heterocycles. The molecule has 0 atom stereocenters. The average Bonchev–Trinajstić information content (AvgIpc) is 3.35. The molecule has 0 unspecified atom stereocenters. The number of carbonyl (C=O) groups excluding carboxylic acids is 1. The van der Waals surface area contributed by atoms with Crippen LogP contribution in [0.5, 0.6) is 17.2 Å². The maximum atomic E-state index is 13.8. The van der Waals surface area contributed by atoms with Gasteiger partial charge in [-0.05, 0) is 56.2 Å². The molecule has 2 aromatic carbocycles. The Morgan fingerprint density at radius 3 is 2.44 bits per heavy atom. The molecule has 5 rings (SSSR count). The lowest BCUT2D eigenvalue weighted by molar-refractivity contribution is -0.122. The second-order valence-electron chi connectivity index (χ2n) is 8.56. The third-order valence-electron chi connectivity index (χ3n) is 6.25. The SMILES string of the molecule is CCOc1ccc(-c2nc(S(=O)(=O)c3ccc4c(c3)OCCO4)c(N3CCC(C(N)=O)CC3)o2)cc1. The molecule has 1 fully saturated rings. The molecule has 2 aliphatic rings. The number of anilines is 1. The molecule has 36 heavy (non-hydrogen) atoms. The standard InChI is InChI=1S/C25H27N3O7S/c1-2-32-18-5-3-17(4-6-18)23-27-24(25(35-23)28-11-9-16(10-12-28)22(26)29)36(30,31)19-7-8-20-21(15-19)34-14-13-33-20/h3-8,15-16H,2,9-14H2,1H3,(H2,26,29). The Morgan fingerprint density at radius 2 is 1.78 bits per heavy atom. The molecule has 190 valence electrons. The van der Waals surface area contributed by atoms with Crippen molar-refractivity contribution in [1.82, 2.24) is 4.98 Å². The summed E-state index contributed by atoms with van der Waals surface area (Å²) < 4.78 is 50.3. The van der Waals surface area contributed by atoms with Crippen LogP contribution < -0.4 is 24.8 Å². The zero-order chi connectivity index (χ0) is 25.3. The molecular weight excluding hydrogens is 486 g/mol. The summed E-state index contributed by atoms with van der Waals surface area (Å²) in [4.78, 5) is 17.9. The van der Waals surface area contributed by atoms with Crippen LogP contribution in [-0.2, 0) is 14.6 Å². The van der Waals surface area contributed by atoms with Crippen molar-refractivity contribution in [3.63, 3.8) is 0 Å². The Morgan fingerprint density at radius 1 is 1.08 bits per heavy atom. The van der Waals surface area contributed by atoms with Crippen LogP contribution in [0.4, 0.5) is 5.88 Å². The van der Waals surface area contributed by atoms with Crippen molar-refractivity contribution in [3.8, 4) is 28.7 Å². The molecule has 1 saturated heterocycles. The van der Waals surface area contributed by atoms with Crippen molar-refractivity contribution < 1.29 is 31.8 Å². The number of nitrogens with zero attached hydrogens (tertiary/aromatic N) is 2. The smallest absolute Gasteiger partial charge is 0.236 e. The third kappa shape index (κ3) is 4.58. The zero-order valence-electron chi connectivity index (χ0n) is 19.8. The van der Waals surface area contributed by atoms with Gasteiger partial charge in [0.05, 0.1) is 11.5 Å². The van der Waals surface area contributed by atoms with Crippen LogP contribution in [-0.4, -0.2) is 52.2 Å². The highest BCUT2D eigenvalue weighted by Gasteiger charge is 2.34. The first kappa shape index (κ1) is 24.0. The Kier molecular flexibility index (Phi) is 6.48. The average molecular weight is 514 g/mol. The lowest BCUT2D eigenvalue weighted by Crippen LogP contribution is -2.38. The lowest BCUT2D eigenvalue weighted by Gasteiger charge is -2.30. The molecule has 0 spiro atoms. The van der Waals surface area contributed by atoms with E-state index in [0.717, 1.165) is 0 Å². The number of primary amides is 1. The van der Waals surface area contributed by atoms with Gasteiger partial charge in [0, 0.05) is 30.6 Å². The number of benzene rings is 2. The van der Waals surface area contributed by atoms with E-state index in [1.165, 1.54) is 12.1 Å². The predicted octanol–water partition coefficient (Wildman–Crippen LogP) is 3.05. The Bertz CT molecular complexity index is 1360. The minimum atomic E-state index is -4.08. The van der Waals surface area contributed by atoms with Crippen LogP contribution in [0.3, 0.4) is 0 Å². The number of sulfone groups is 1. The van der Waals surface area contributed by atoms with E-state index in [4.69, 9.17) is 24.4 Å². The minimum Gasteiger partial charge on any atom is -0.494 e. The van der Waals surface area contributed by atoms with Crippen LogP contribution in [0.15, 0.2) is 56.8 Å². The Hall–Kier alpha value is -3.73. The summed E-state index contributed by atoms with van der Waals surface area (Å²) in [6, 6.07) is 11.6. The molecule has 3 aromatic rings. The van der Waals surface area contributed by atoms with Crippen molar-refractivity contribution in [2.24, 2.45) is 11.7 Å². The van der Waals surface area contributed by atoms with Gasteiger partial charge in [-0.2, -0.15) is 4.98 Å². The number of nitrogens with two attached hydrogens (primary N) is 1. The molecule has 0 radical (unpaired) electrons. The second-order valence-corrected chi connectivity index (χ2v) is 10.4. The van der Waals surface area contributed by atoms with Gasteiger partial charge in [-0.25, -0.2) is 8.42 Å². The van der Waals surface area contributed by atoms with E-state index in [9.17, 15) is 13.2 Å². The van der Waals surface area contributed by atoms with Crippen LogP contribution in [0, 0.1) is 5.92 Å². The second kappa shape index (κ2) is 9.73. The van der Waals surface area contributed by atoms with E-state index >= 15 is 0 Å². The van der Waals surface area contributed by atoms with Crippen molar-refractivity contribution in [3.05, 3.63) is 42.5 Å². The number of fused-ring (bicyclic) bond motifs is 1. The number of ether oxygens (including phenoxy) is 3. The number of aromatic nitrogens is 1. The number of carbonyl (C=O) groups is 1. The van der Waals surface area contributed by atoms with Crippen molar-refractivity contribution >= 4 is 21.6 Å². The minimum absolute atomic E-state index is 0.0200. The number of hydrogen-bond donors (Lipinski definition) is 1. The molecule has 11 heteroatoms. The number of piperidine rings is 1. The number of hydrogen-bond acceptors (Lipinski definition) is 9. The van der Waals surface area contributed by atoms with E-state index in [1.807, 2.05) is 6.92 Å². The van der Waals surface area contributed by atoms with Gasteiger partial charge in [-0.15, -0.1) is 0 Å². The maximum absolute atomic E-state index is 13.8. The van der Waals surface area contributed by atoms with Gasteiger partial charge in [0.25, 0.3) is 0 Å². The molecule has 0 saturated carbocycles. The monoisotopic (exact) mass is 513 g/mol. The van der Waals surface area contributed by atoms with E-state index in [-0.39, 0.29) is 33.5 Å². The predicted molar refractivity (Wildman–Crippen MR) is 130 cm³/mol. The van der Waals surface area contributed by atoms with Crippen LogP contribution in [0.1, 0.15) is 19.8 Å². The summed E-state index contributed by atoms with van der Waals surface area (Å²) in [5.74, 6) is 1.23. The third-order valence-corrected chi connectivity index (χ3v) is 7.90. The number of oxazole rings is 1. The van der Waals surface area contributed by atoms with Gasteiger partial charge in [-0.1, -0.05) is 0 Å². The fourth-order valence-corrected chi connectivity index (χ4v) is 5.66. The Balaban J connectivity index is 1.55. The van der Waals surface area contributed by atoms with Crippen molar-refractivity contribution in [2.75, 3.05) is 37.8 Å². The van der Waals surface area contributed by atoms with Crippen molar-refractivity contribution in [1.29, 1.82) is 0 Å². The first-order valence-corrected chi connectivity index (χ1v) is 13.3. The lowest BCUT2D eigenvalue weighted by atomic mass is 9.96. The normalized spacial score (nSPS) is 16.1. The Labute approximate surface area is 208 Å². The van der Waals surface area contributed by atoms with E-state index < -0.39 is 9.84 Å². The quantitative estimate of drug-likeness (QED) is 0.506. The zero-order valence-corrected chi connectivity index (χ0v) is 20.6.